The summed E-state index contributed by atoms with van der Waals surface area (Å²) in [6, 6.07) is 10.1. The van der Waals surface area contributed by atoms with Gasteiger partial charge in [0.05, 0.1) is 19.8 Å². The van der Waals surface area contributed by atoms with E-state index in [-0.39, 0.29) is 24.0 Å². The Bertz CT molecular complexity index is 616. The fourth-order valence-corrected chi connectivity index (χ4v) is 2.13. The van der Waals surface area contributed by atoms with Gasteiger partial charge in [0.1, 0.15) is 12.2 Å². The highest BCUT2D eigenvalue weighted by Crippen LogP contribution is 2.00. The molecule has 0 atom stereocenters. The number of aliphatic imine (C=N–C) groups is 1. The number of halogens is 1. The van der Waals surface area contributed by atoms with Crippen molar-refractivity contribution in [2.24, 2.45) is 12.0 Å². The van der Waals surface area contributed by atoms with Gasteiger partial charge in [0.2, 0.25) is 0 Å². The zero-order valence-corrected chi connectivity index (χ0v) is 16.7. The highest BCUT2D eigenvalue weighted by molar-refractivity contribution is 14.0. The van der Waals surface area contributed by atoms with E-state index in [1.165, 1.54) is 5.56 Å². The molecule has 2 rings (SSSR count). The third kappa shape index (κ3) is 6.44. The monoisotopic (exact) mass is 444 g/mol. The molecule has 0 fully saturated rings. The first-order valence-corrected chi connectivity index (χ1v) is 7.57. The molecule has 2 aromatic rings. The second-order valence-electron chi connectivity index (χ2n) is 5.17. The van der Waals surface area contributed by atoms with Gasteiger partial charge in [0, 0.05) is 27.7 Å². The number of hydrogen-bond acceptors (Lipinski definition) is 4. The molecule has 0 spiro atoms. The second kappa shape index (κ2) is 11.0. The van der Waals surface area contributed by atoms with Gasteiger partial charge in [-0.05, 0) is 5.56 Å². The smallest absolute Gasteiger partial charge is 0.193 e. The van der Waals surface area contributed by atoms with Crippen LogP contribution in [0.5, 0.6) is 0 Å². The van der Waals surface area contributed by atoms with Crippen molar-refractivity contribution in [1.82, 2.24) is 25.0 Å². The summed E-state index contributed by atoms with van der Waals surface area (Å²) in [5.41, 5.74) is 1.18. The van der Waals surface area contributed by atoms with Crippen molar-refractivity contribution in [2.45, 2.75) is 13.2 Å². The summed E-state index contributed by atoms with van der Waals surface area (Å²) in [6.07, 6.45) is 1.55. The Kier molecular flexibility index (Phi) is 9.31. The number of nitrogens with zero attached hydrogens (tertiary/aromatic N) is 5. The Hall–Kier alpha value is -1.68. The zero-order valence-electron chi connectivity index (χ0n) is 14.3. The van der Waals surface area contributed by atoms with Crippen molar-refractivity contribution >= 4 is 29.9 Å². The summed E-state index contributed by atoms with van der Waals surface area (Å²) in [5, 5.41) is 7.35. The van der Waals surface area contributed by atoms with Crippen molar-refractivity contribution in [2.75, 3.05) is 27.2 Å². The number of hydrogen-bond donors (Lipinski definition) is 1. The molecule has 0 saturated heterocycles. The van der Waals surface area contributed by atoms with E-state index in [9.17, 15) is 0 Å². The van der Waals surface area contributed by atoms with Crippen molar-refractivity contribution < 1.29 is 4.74 Å². The Balaban J connectivity index is 0.00000288. The van der Waals surface area contributed by atoms with E-state index in [2.05, 4.69) is 32.5 Å². The van der Waals surface area contributed by atoms with Crippen LogP contribution < -0.4 is 5.32 Å². The first kappa shape index (κ1) is 20.4. The Labute approximate surface area is 160 Å². The lowest BCUT2D eigenvalue weighted by molar-refractivity contribution is 0.125. The lowest BCUT2D eigenvalue weighted by atomic mass is 10.2. The molecule has 1 aromatic heterocycles. The molecule has 0 bridgehead atoms. The van der Waals surface area contributed by atoms with Crippen molar-refractivity contribution in [1.29, 1.82) is 0 Å². The topological polar surface area (TPSA) is 67.6 Å². The number of aryl methyl sites for hydroxylation is 1. The van der Waals surface area contributed by atoms with E-state index in [1.807, 2.05) is 37.2 Å². The van der Waals surface area contributed by atoms with Crippen LogP contribution in [0.3, 0.4) is 0 Å². The quantitative estimate of drug-likeness (QED) is 0.305. The fourth-order valence-electron chi connectivity index (χ4n) is 2.13. The first-order valence-electron chi connectivity index (χ1n) is 7.57. The van der Waals surface area contributed by atoms with Crippen LogP contribution in [0.15, 0.2) is 41.7 Å². The normalized spacial score (nSPS) is 11.0. The molecule has 0 aliphatic carbocycles. The SMILES string of the molecule is CN=C(NCCOCc1ccccc1)N(C)Cc1ncnn1C.I. The molecule has 1 aromatic carbocycles. The van der Waals surface area contributed by atoms with Gasteiger partial charge in [-0.2, -0.15) is 5.10 Å². The van der Waals surface area contributed by atoms with Gasteiger partial charge in [-0.1, -0.05) is 30.3 Å². The third-order valence-corrected chi connectivity index (χ3v) is 3.40. The zero-order chi connectivity index (χ0) is 16.5. The molecule has 0 unspecified atom stereocenters. The van der Waals surface area contributed by atoms with Crippen LogP contribution in [0.25, 0.3) is 0 Å². The highest BCUT2D eigenvalue weighted by Gasteiger charge is 2.09. The molecule has 0 amide bonds. The molecular formula is C16H25IN6O. The van der Waals surface area contributed by atoms with E-state index in [0.29, 0.717) is 26.3 Å². The van der Waals surface area contributed by atoms with Crippen LogP contribution in [0, 0.1) is 0 Å². The second-order valence-corrected chi connectivity index (χ2v) is 5.17. The van der Waals surface area contributed by atoms with E-state index in [1.54, 1.807) is 18.1 Å². The van der Waals surface area contributed by atoms with E-state index in [4.69, 9.17) is 4.74 Å². The van der Waals surface area contributed by atoms with Gasteiger partial charge in [0.25, 0.3) is 0 Å². The predicted octanol–water partition coefficient (Wildman–Crippen LogP) is 1.66. The summed E-state index contributed by atoms with van der Waals surface area (Å²) in [4.78, 5) is 10.5. The minimum atomic E-state index is 0. The Morgan fingerprint density at radius 2 is 2.08 bits per heavy atom. The minimum absolute atomic E-state index is 0. The van der Waals surface area contributed by atoms with E-state index < -0.39 is 0 Å². The van der Waals surface area contributed by atoms with Crippen LogP contribution >= 0.6 is 24.0 Å². The molecule has 0 aliphatic heterocycles. The standard InChI is InChI=1S/C16H24N6O.HI/c1-17-16(21(2)11-15-19-13-20-22(15)3)18-9-10-23-12-14-7-5-4-6-8-14;/h4-8,13H,9-12H2,1-3H3,(H,17,18);1H. The minimum Gasteiger partial charge on any atom is -0.375 e. The molecule has 1 N–H and O–H groups in total. The van der Waals surface area contributed by atoms with Gasteiger partial charge >= 0.3 is 0 Å². The van der Waals surface area contributed by atoms with Crippen molar-refractivity contribution in [3.8, 4) is 0 Å². The number of rotatable bonds is 7. The molecule has 7 nitrogen and oxygen atoms in total. The molecule has 132 valence electrons. The van der Waals surface area contributed by atoms with Crippen molar-refractivity contribution in [3.05, 3.63) is 48.0 Å². The third-order valence-electron chi connectivity index (χ3n) is 3.40. The average Bonchev–Trinajstić information content (AvgIpc) is 2.96. The number of aromatic nitrogens is 3. The summed E-state index contributed by atoms with van der Waals surface area (Å²) in [5.74, 6) is 1.69. The van der Waals surface area contributed by atoms with Gasteiger partial charge in [-0.3, -0.25) is 9.67 Å². The summed E-state index contributed by atoms with van der Waals surface area (Å²) in [6.45, 7) is 2.57. The molecular weight excluding hydrogens is 419 g/mol. The molecule has 0 saturated carbocycles. The number of nitrogens with one attached hydrogen (secondary N) is 1. The number of ether oxygens (including phenoxy) is 1. The first-order chi connectivity index (χ1) is 11.2. The summed E-state index contributed by atoms with van der Waals surface area (Å²) < 4.78 is 7.41. The predicted molar refractivity (Wildman–Crippen MR) is 105 cm³/mol. The molecule has 8 heteroatoms. The fraction of sp³-hybridized carbons (Fsp3) is 0.438. The number of guanidine groups is 1. The van der Waals surface area contributed by atoms with Crippen LogP contribution in [-0.4, -0.2) is 52.9 Å². The molecule has 0 aliphatic rings. The van der Waals surface area contributed by atoms with Crippen LogP contribution in [0.1, 0.15) is 11.4 Å². The summed E-state index contributed by atoms with van der Waals surface area (Å²) in [7, 11) is 5.61. The van der Waals surface area contributed by atoms with E-state index in [0.717, 1.165) is 11.8 Å². The lowest BCUT2D eigenvalue weighted by Gasteiger charge is -2.21. The van der Waals surface area contributed by atoms with Gasteiger partial charge in [0.15, 0.2) is 5.96 Å². The maximum absolute atomic E-state index is 5.66. The van der Waals surface area contributed by atoms with Crippen LogP contribution in [0.4, 0.5) is 0 Å². The van der Waals surface area contributed by atoms with Crippen molar-refractivity contribution in [3.63, 3.8) is 0 Å². The van der Waals surface area contributed by atoms with Gasteiger partial charge in [-0.25, -0.2) is 4.98 Å². The summed E-state index contributed by atoms with van der Waals surface area (Å²) >= 11 is 0. The van der Waals surface area contributed by atoms with Gasteiger partial charge in [-0.15, -0.1) is 24.0 Å². The largest absolute Gasteiger partial charge is 0.375 e. The Morgan fingerprint density at radius 3 is 2.71 bits per heavy atom. The molecule has 24 heavy (non-hydrogen) atoms. The lowest BCUT2D eigenvalue weighted by Crippen LogP contribution is -2.40. The Morgan fingerprint density at radius 1 is 1.33 bits per heavy atom. The van der Waals surface area contributed by atoms with Crippen LogP contribution in [-0.2, 0) is 24.9 Å². The average molecular weight is 444 g/mol. The number of benzene rings is 1. The maximum atomic E-state index is 5.66. The van der Waals surface area contributed by atoms with Gasteiger partial charge < -0.3 is 15.0 Å². The van der Waals surface area contributed by atoms with Crippen LogP contribution in [0.2, 0.25) is 0 Å². The molecule has 1 heterocycles. The van der Waals surface area contributed by atoms with E-state index >= 15 is 0 Å². The maximum Gasteiger partial charge on any atom is 0.193 e. The molecule has 0 radical (unpaired) electrons. The highest BCUT2D eigenvalue weighted by atomic mass is 127.